The molecule has 128 valence electrons. The van der Waals surface area contributed by atoms with E-state index in [-0.39, 0.29) is 0 Å². The summed E-state index contributed by atoms with van der Waals surface area (Å²) in [6, 6.07) is 7.42. The molecular formula is C17H26N2O3S. The van der Waals surface area contributed by atoms with Crippen LogP contribution in [0.15, 0.2) is 29.2 Å². The molecule has 23 heavy (non-hydrogen) atoms. The SMILES string of the molecule is CC1(C)CCN(Cc2ccccc2S(=O)(=O)N2CCOCC2)C1. The molecule has 2 aliphatic rings. The van der Waals surface area contributed by atoms with Crippen LogP contribution in [0.25, 0.3) is 0 Å². The van der Waals surface area contributed by atoms with Crippen molar-refractivity contribution in [2.45, 2.75) is 31.7 Å². The lowest BCUT2D eigenvalue weighted by atomic mass is 9.93. The number of ether oxygens (including phenoxy) is 1. The number of morpholine rings is 1. The average Bonchev–Trinajstić information content (AvgIpc) is 2.87. The second-order valence-corrected chi connectivity index (χ2v) is 9.16. The normalized spacial score (nSPS) is 23.2. The van der Waals surface area contributed by atoms with Gasteiger partial charge in [-0.05, 0) is 30.0 Å². The Labute approximate surface area is 139 Å². The van der Waals surface area contributed by atoms with Gasteiger partial charge in [0.1, 0.15) is 0 Å². The molecule has 0 spiro atoms. The van der Waals surface area contributed by atoms with Crippen molar-refractivity contribution in [2.24, 2.45) is 5.41 Å². The highest BCUT2D eigenvalue weighted by Gasteiger charge is 2.32. The predicted octanol–water partition coefficient (Wildman–Crippen LogP) is 1.94. The largest absolute Gasteiger partial charge is 0.379 e. The highest BCUT2D eigenvalue weighted by atomic mass is 32.2. The first-order chi connectivity index (χ1) is 10.9. The molecule has 2 aliphatic heterocycles. The van der Waals surface area contributed by atoms with Crippen LogP contribution in [0.5, 0.6) is 0 Å². The summed E-state index contributed by atoms with van der Waals surface area (Å²) in [6.45, 7) is 9.10. The maximum atomic E-state index is 13.0. The molecule has 2 heterocycles. The van der Waals surface area contributed by atoms with Crippen molar-refractivity contribution in [3.05, 3.63) is 29.8 Å². The van der Waals surface area contributed by atoms with Crippen LogP contribution in [0.1, 0.15) is 25.8 Å². The van der Waals surface area contributed by atoms with Crippen LogP contribution in [0.4, 0.5) is 0 Å². The molecule has 3 rings (SSSR count). The fourth-order valence-electron chi connectivity index (χ4n) is 3.41. The van der Waals surface area contributed by atoms with Gasteiger partial charge in [0.15, 0.2) is 0 Å². The van der Waals surface area contributed by atoms with Gasteiger partial charge in [-0.15, -0.1) is 0 Å². The fraction of sp³-hybridized carbons (Fsp3) is 0.647. The van der Waals surface area contributed by atoms with Crippen LogP contribution in [0.3, 0.4) is 0 Å². The molecule has 0 unspecified atom stereocenters. The van der Waals surface area contributed by atoms with Gasteiger partial charge >= 0.3 is 0 Å². The molecule has 1 aromatic carbocycles. The van der Waals surface area contributed by atoms with Crippen molar-refractivity contribution in [2.75, 3.05) is 39.4 Å². The summed E-state index contributed by atoms with van der Waals surface area (Å²) in [4.78, 5) is 2.81. The number of likely N-dealkylation sites (tertiary alicyclic amines) is 1. The zero-order valence-electron chi connectivity index (χ0n) is 14.0. The van der Waals surface area contributed by atoms with E-state index in [1.165, 1.54) is 0 Å². The average molecular weight is 338 g/mol. The van der Waals surface area contributed by atoms with E-state index in [0.717, 1.165) is 25.1 Å². The fourth-order valence-corrected chi connectivity index (χ4v) is 5.03. The van der Waals surface area contributed by atoms with Crippen LogP contribution in [-0.2, 0) is 21.3 Å². The number of rotatable bonds is 4. The van der Waals surface area contributed by atoms with Crippen LogP contribution < -0.4 is 0 Å². The first kappa shape index (κ1) is 16.9. The van der Waals surface area contributed by atoms with E-state index in [4.69, 9.17) is 4.74 Å². The monoisotopic (exact) mass is 338 g/mol. The van der Waals surface area contributed by atoms with Crippen molar-refractivity contribution >= 4 is 10.0 Å². The quantitative estimate of drug-likeness (QED) is 0.842. The Morgan fingerprint density at radius 2 is 1.83 bits per heavy atom. The lowest BCUT2D eigenvalue weighted by Gasteiger charge is -2.27. The highest BCUT2D eigenvalue weighted by molar-refractivity contribution is 7.89. The van der Waals surface area contributed by atoms with Crippen molar-refractivity contribution < 1.29 is 13.2 Å². The van der Waals surface area contributed by atoms with Gasteiger partial charge in [0.25, 0.3) is 0 Å². The van der Waals surface area contributed by atoms with Crippen molar-refractivity contribution in [1.82, 2.24) is 9.21 Å². The molecule has 0 aromatic heterocycles. The lowest BCUT2D eigenvalue weighted by molar-refractivity contribution is 0.0730. The van der Waals surface area contributed by atoms with E-state index in [0.29, 0.717) is 43.2 Å². The number of sulfonamides is 1. The summed E-state index contributed by atoms with van der Waals surface area (Å²) in [5, 5.41) is 0. The van der Waals surface area contributed by atoms with Gasteiger partial charge in [0.05, 0.1) is 18.1 Å². The Hall–Kier alpha value is -0.950. The standard InChI is InChI=1S/C17H26N2O3S/c1-17(2)7-8-18(14-17)13-15-5-3-4-6-16(15)23(20,21)19-9-11-22-12-10-19/h3-6H,7-14H2,1-2H3. The minimum Gasteiger partial charge on any atom is -0.379 e. The number of hydrogen-bond donors (Lipinski definition) is 0. The Morgan fingerprint density at radius 3 is 2.48 bits per heavy atom. The van der Waals surface area contributed by atoms with Crippen molar-refractivity contribution in [1.29, 1.82) is 0 Å². The molecule has 0 atom stereocenters. The van der Waals surface area contributed by atoms with E-state index < -0.39 is 10.0 Å². The number of hydrogen-bond acceptors (Lipinski definition) is 4. The molecule has 1 aromatic rings. The summed E-state index contributed by atoms with van der Waals surface area (Å²) >= 11 is 0. The second kappa shape index (κ2) is 6.51. The molecule has 0 aliphatic carbocycles. The van der Waals surface area contributed by atoms with Crippen LogP contribution in [0.2, 0.25) is 0 Å². The third kappa shape index (κ3) is 3.76. The topological polar surface area (TPSA) is 49.9 Å². The molecule has 0 bridgehead atoms. The predicted molar refractivity (Wildman–Crippen MR) is 89.7 cm³/mol. The molecule has 0 saturated carbocycles. The van der Waals surface area contributed by atoms with E-state index in [1.807, 2.05) is 18.2 Å². The molecule has 6 heteroatoms. The molecule has 5 nitrogen and oxygen atoms in total. The van der Waals surface area contributed by atoms with Gasteiger partial charge in [-0.3, -0.25) is 4.90 Å². The molecule has 2 fully saturated rings. The summed E-state index contributed by atoms with van der Waals surface area (Å²) in [5.41, 5.74) is 1.22. The molecule has 0 N–H and O–H groups in total. The molecule has 0 amide bonds. The first-order valence-electron chi connectivity index (χ1n) is 8.27. The van der Waals surface area contributed by atoms with Gasteiger partial charge in [0, 0.05) is 26.2 Å². The zero-order valence-corrected chi connectivity index (χ0v) is 14.8. The highest BCUT2D eigenvalue weighted by Crippen LogP contribution is 2.31. The minimum atomic E-state index is -3.44. The number of benzene rings is 1. The summed E-state index contributed by atoms with van der Waals surface area (Å²) in [7, 11) is -3.44. The third-order valence-corrected chi connectivity index (χ3v) is 6.71. The van der Waals surface area contributed by atoms with E-state index in [1.54, 1.807) is 10.4 Å². The van der Waals surface area contributed by atoms with Gasteiger partial charge in [-0.2, -0.15) is 4.31 Å². The van der Waals surface area contributed by atoms with Crippen molar-refractivity contribution in [3.8, 4) is 0 Å². The molecule has 0 radical (unpaired) electrons. The van der Waals surface area contributed by atoms with Gasteiger partial charge in [-0.25, -0.2) is 8.42 Å². The molecule has 2 saturated heterocycles. The van der Waals surface area contributed by atoms with Gasteiger partial charge < -0.3 is 4.74 Å². The molecular weight excluding hydrogens is 312 g/mol. The second-order valence-electron chi connectivity index (χ2n) is 7.25. The van der Waals surface area contributed by atoms with E-state index in [9.17, 15) is 8.42 Å². The van der Waals surface area contributed by atoms with Gasteiger partial charge in [0.2, 0.25) is 10.0 Å². The minimum absolute atomic E-state index is 0.317. The smallest absolute Gasteiger partial charge is 0.243 e. The van der Waals surface area contributed by atoms with Crippen LogP contribution in [-0.4, -0.2) is 57.0 Å². The first-order valence-corrected chi connectivity index (χ1v) is 9.71. The lowest BCUT2D eigenvalue weighted by Crippen LogP contribution is -2.41. The van der Waals surface area contributed by atoms with Crippen LogP contribution >= 0.6 is 0 Å². The summed E-state index contributed by atoms with van der Waals surface area (Å²) in [5.74, 6) is 0. The zero-order chi connectivity index (χ0) is 16.5. The van der Waals surface area contributed by atoms with E-state index in [2.05, 4.69) is 18.7 Å². The summed E-state index contributed by atoms with van der Waals surface area (Å²) < 4.78 is 32.7. The van der Waals surface area contributed by atoms with E-state index >= 15 is 0 Å². The maximum Gasteiger partial charge on any atom is 0.243 e. The Kier molecular flexibility index (Phi) is 4.78. The maximum absolute atomic E-state index is 13.0. The number of nitrogens with zero attached hydrogens (tertiary/aromatic N) is 2. The van der Waals surface area contributed by atoms with Crippen LogP contribution in [0, 0.1) is 5.41 Å². The Bertz CT molecular complexity index is 652. The Balaban J connectivity index is 1.83. The third-order valence-electron chi connectivity index (χ3n) is 4.71. The Morgan fingerprint density at radius 1 is 1.13 bits per heavy atom. The van der Waals surface area contributed by atoms with Crippen molar-refractivity contribution in [3.63, 3.8) is 0 Å². The van der Waals surface area contributed by atoms with Gasteiger partial charge in [-0.1, -0.05) is 32.0 Å². The summed E-state index contributed by atoms with van der Waals surface area (Å²) in [6.07, 6.45) is 1.16.